The molecular formula is C23H31N5O9S. The molecule has 3 saturated heterocycles. The Morgan fingerprint density at radius 3 is 2.71 bits per heavy atom. The smallest absolute Gasteiger partial charge is 0.354 e. The lowest BCUT2D eigenvalue weighted by Crippen LogP contribution is -2.66. The fourth-order valence-corrected chi connectivity index (χ4v) is 6.25. The summed E-state index contributed by atoms with van der Waals surface area (Å²) in [7, 11) is 0. The van der Waals surface area contributed by atoms with Gasteiger partial charge in [0.25, 0.3) is 0 Å². The lowest BCUT2D eigenvalue weighted by molar-refractivity contribution is -0.235. The van der Waals surface area contributed by atoms with E-state index in [1.165, 1.54) is 19.1 Å². The van der Waals surface area contributed by atoms with E-state index >= 15 is 0 Å². The first kappa shape index (κ1) is 27.9. The van der Waals surface area contributed by atoms with Gasteiger partial charge >= 0.3 is 12.0 Å². The van der Waals surface area contributed by atoms with Gasteiger partial charge in [0.2, 0.25) is 18.1 Å². The maximum atomic E-state index is 12.5. The number of aliphatic hydroxyl groups excluding tert-OH is 2. The van der Waals surface area contributed by atoms with E-state index in [9.17, 15) is 29.4 Å². The zero-order valence-electron chi connectivity index (χ0n) is 20.5. The number of nitrogens with zero attached hydrogens (tertiary/aromatic N) is 1. The van der Waals surface area contributed by atoms with Gasteiger partial charge < -0.3 is 46.1 Å². The number of aromatic nitrogens is 1. The fourth-order valence-electron chi connectivity index (χ4n) is 4.71. The number of carbonyl (C=O) groups is 4. The maximum absolute atomic E-state index is 12.5. The SMILES string of the molecule is CC(=O)NC1[C@H](Oc2ccc(C(=O)O)nc2)OC(CNC(=O)CCC[C@@H]2SC[C@@H]3NC(=O)N[C@@H]32)[C@@H](O)[C@@H]1O. The number of urea groups is 1. The summed E-state index contributed by atoms with van der Waals surface area (Å²) in [4.78, 5) is 50.4. The molecule has 0 spiro atoms. The third kappa shape index (κ3) is 6.64. The van der Waals surface area contributed by atoms with E-state index in [1.54, 1.807) is 11.8 Å². The predicted octanol–water partition coefficient (Wildman–Crippen LogP) is -1.44. The molecule has 38 heavy (non-hydrogen) atoms. The minimum absolute atomic E-state index is 0.0619. The predicted molar refractivity (Wildman–Crippen MR) is 132 cm³/mol. The van der Waals surface area contributed by atoms with Crippen molar-refractivity contribution in [2.45, 2.75) is 74.2 Å². The van der Waals surface area contributed by atoms with Gasteiger partial charge in [0.15, 0.2) is 0 Å². The van der Waals surface area contributed by atoms with Gasteiger partial charge in [-0.15, -0.1) is 0 Å². The van der Waals surface area contributed by atoms with Crippen LogP contribution >= 0.6 is 11.8 Å². The van der Waals surface area contributed by atoms with Crippen LogP contribution in [0.2, 0.25) is 0 Å². The zero-order valence-corrected chi connectivity index (χ0v) is 21.3. The van der Waals surface area contributed by atoms with Crippen LogP contribution in [0.5, 0.6) is 5.75 Å². The number of carbonyl (C=O) groups excluding carboxylic acids is 3. The number of aliphatic hydroxyl groups is 2. The Labute approximate surface area is 222 Å². The number of fused-ring (bicyclic) bond motifs is 1. The minimum Gasteiger partial charge on any atom is -0.477 e. The summed E-state index contributed by atoms with van der Waals surface area (Å²) in [5.74, 6) is -1.03. The Morgan fingerprint density at radius 2 is 2.03 bits per heavy atom. The molecule has 0 radical (unpaired) electrons. The van der Waals surface area contributed by atoms with Gasteiger partial charge in [-0.3, -0.25) is 9.59 Å². The van der Waals surface area contributed by atoms with Gasteiger partial charge in [0, 0.05) is 30.9 Å². The summed E-state index contributed by atoms with van der Waals surface area (Å²) in [5.41, 5.74) is -0.202. The highest BCUT2D eigenvalue weighted by Crippen LogP contribution is 2.33. The molecule has 4 heterocycles. The highest BCUT2D eigenvalue weighted by molar-refractivity contribution is 8.00. The van der Waals surface area contributed by atoms with Gasteiger partial charge in [-0.25, -0.2) is 14.6 Å². The van der Waals surface area contributed by atoms with Crippen LogP contribution in [0.4, 0.5) is 4.79 Å². The van der Waals surface area contributed by atoms with E-state index in [-0.39, 0.29) is 53.7 Å². The Morgan fingerprint density at radius 1 is 1.24 bits per heavy atom. The topological polar surface area (TPSA) is 208 Å². The van der Waals surface area contributed by atoms with E-state index in [0.717, 1.165) is 18.4 Å². The van der Waals surface area contributed by atoms with Gasteiger partial charge in [0.05, 0.1) is 18.3 Å². The monoisotopic (exact) mass is 553 g/mol. The van der Waals surface area contributed by atoms with E-state index in [0.29, 0.717) is 6.42 Å². The Hall–Kier alpha value is -3.14. The molecule has 3 aliphatic rings. The van der Waals surface area contributed by atoms with Crippen molar-refractivity contribution in [3.8, 4) is 5.75 Å². The number of hydrogen-bond donors (Lipinski definition) is 7. The normalized spacial score (nSPS) is 32.0. The van der Waals surface area contributed by atoms with Crippen LogP contribution in [0.1, 0.15) is 36.7 Å². The molecule has 14 nitrogen and oxygen atoms in total. The number of hydrogen-bond acceptors (Lipinski definition) is 10. The van der Waals surface area contributed by atoms with E-state index in [4.69, 9.17) is 14.6 Å². The van der Waals surface area contributed by atoms with Crippen LogP contribution in [-0.4, -0.2) is 104 Å². The first-order chi connectivity index (χ1) is 18.1. The van der Waals surface area contributed by atoms with Gasteiger partial charge in [0.1, 0.15) is 35.8 Å². The van der Waals surface area contributed by atoms with Crippen LogP contribution in [0.3, 0.4) is 0 Å². The van der Waals surface area contributed by atoms with Crippen molar-refractivity contribution in [2.75, 3.05) is 12.3 Å². The third-order valence-electron chi connectivity index (χ3n) is 6.61. The molecule has 208 valence electrons. The summed E-state index contributed by atoms with van der Waals surface area (Å²) in [5, 5.41) is 41.5. The first-order valence-corrected chi connectivity index (χ1v) is 13.3. The molecule has 1 aromatic rings. The fraction of sp³-hybridized carbons (Fsp3) is 0.609. The lowest BCUT2D eigenvalue weighted by atomic mass is 9.96. The van der Waals surface area contributed by atoms with Gasteiger partial charge in [-0.1, -0.05) is 0 Å². The molecule has 7 N–H and O–H groups in total. The second-order valence-corrected chi connectivity index (χ2v) is 10.6. The molecular weight excluding hydrogens is 522 g/mol. The number of nitrogens with one attached hydrogen (secondary N) is 4. The van der Waals surface area contributed by atoms with Crippen LogP contribution < -0.4 is 26.0 Å². The largest absolute Gasteiger partial charge is 0.477 e. The molecule has 0 bridgehead atoms. The van der Waals surface area contributed by atoms with Crippen LogP contribution in [-0.2, 0) is 14.3 Å². The lowest BCUT2D eigenvalue weighted by Gasteiger charge is -2.42. The quantitative estimate of drug-likeness (QED) is 0.167. The number of amides is 4. The van der Waals surface area contributed by atoms with Gasteiger partial charge in [-0.05, 0) is 25.0 Å². The van der Waals surface area contributed by atoms with Crippen molar-refractivity contribution in [1.29, 1.82) is 0 Å². The number of carboxylic acid groups (broad SMARTS) is 1. The minimum atomic E-state index is -1.48. The average molecular weight is 554 g/mol. The molecule has 0 saturated carbocycles. The van der Waals surface area contributed by atoms with Crippen molar-refractivity contribution >= 4 is 35.6 Å². The van der Waals surface area contributed by atoms with Crippen molar-refractivity contribution in [3.63, 3.8) is 0 Å². The summed E-state index contributed by atoms with van der Waals surface area (Å²) in [6.07, 6.45) is -2.49. The number of thioether (sulfide) groups is 1. The summed E-state index contributed by atoms with van der Waals surface area (Å²) < 4.78 is 11.5. The average Bonchev–Trinajstić information content (AvgIpc) is 3.42. The molecule has 0 aliphatic carbocycles. The second-order valence-electron chi connectivity index (χ2n) is 9.37. The van der Waals surface area contributed by atoms with E-state index in [2.05, 4.69) is 26.3 Å². The Balaban J connectivity index is 1.30. The van der Waals surface area contributed by atoms with Gasteiger partial charge in [-0.2, -0.15) is 11.8 Å². The number of carboxylic acids is 1. The Bertz CT molecular complexity index is 1040. The molecule has 3 fully saturated rings. The van der Waals surface area contributed by atoms with E-state index in [1.807, 2.05) is 0 Å². The molecule has 1 aromatic heterocycles. The summed E-state index contributed by atoms with van der Waals surface area (Å²) in [6, 6.07) is 1.44. The standard InChI is InChI=1S/C23H31N5O9S/c1-10(29)26-18-20(32)19(31)14(37-22(18)36-11-5-6-12(21(33)34)24-7-11)8-25-16(30)4-2-3-15-17-13(9-38-15)27-23(35)28-17/h5-7,13-15,17-20,22,31-32H,2-4,8-9H2,1H3,(H,25,30)(H,26,29)(H,33,34)(H2,27,28,35)/t13-,14?,15-,17-,18?,19+,20+,22+/m0/s1. The van der Waals surface area contributed by atoms with Crippen LogP contribution in [0.15, 0.2) is 18.3 Å². The molecule has 8 atom stereocenters. The Kier molecular flexibility index (Phi) is 8.91. The second kappa shape index (κ2) is 12.1. The summed E-state index contributed by atoms with van der Waals surface area (Å²) >= 11 is 1.76. The molecule has 3 aliphatic heterocycles. The van der Waals surface area contributed by atoms with E-state index < -0.39 is 42.5 Å². The molecule has 2 unspecified atom stereocenters. The molecule has 0 aromatic carbocycles. The van der Waals surface area contributed by atoms with Crippen molar-refractivity contribution in [3.05, 3.63) is 24.0 Å². The van der Waals surface area contributed by atoms with Crippen LogP contribution in [0.25, 0.3) is 0 Å². The van der Waals surface area contributed by atoms with Crippen LogP contribution in [0, 0.1) is 0 Å². The molecule has 4 amide bonds. The van der Waals surface area contributed by atoms with Crippen molar-refractivity contribution in [1.82, 2.24) is 26.3 Å². The summed E-state index contributed by atoms with van der Waals surface area (Å²) in [6.45, 7) is 1.11. The number of pyridine rings is 1. The number of aromatic carboxylic acids is 1. The molecule has 15 heteroatoms. The third-order valence-corrected chi connectivity index (χ3v) is 8.12. The first-order valence-electron chi connectivity index (χ1n) is 12.2. The molecule has 4 rings (SSSR count). The highest BCUT2D eigenvalue weighted by atomic mass is 32.2. The number of ether oxygens (including phenoxy) is 2. The zero-order chi connectivity index (χ0) is 27.4. The van der Waals surface area contributed by atoms with Crippen molar-refractivity contribution < 1.29 is 44.0 Å². The highest BCUT2D eigenvalue weighted by Gasteiger charge is 2.46. The van der Waals surface area contributed by atoms with Crippen molar-refractivity contribution in [2.24, 2.45) is 0 Å². The maximum Gasteiger partial charge on any atom is 0.354 e. The number of rotatable bonds is 10.